The lowest BCUT2D eigenvalue weighted by Gasteiger charge is -2.10. The summed E-state index contributed by atoms with van der Waals surface area (Å²) in [7, 11) is 0. The first-order valence-corrected chi connectivity index (χ1v) is 8.14. The zero-order valence-electron chi connectivity index (χ0n) is 12.5. The van der Waals surface area contributed by atoms with Crippen molar-refractivity contribution in [2.24, 2.45) is 5.16 Å². The second kappa shape index (κ2) is 7.44. The van der Waals surface area contributed by atoms with Crippen LogP contribution < -0.4 is 5.32 Å². The van der Waals surface area contributed by atoms with Gasteiger partial charge in [0.15, 0.2) is 6.10 Å². The Morgan fingerprint density at radius 3 is 2.62 bits per heavy atom. The second-order valence-electron chi connectivity index (χ2n) is 5.08. The summed E-state index contributed by atoms with van der Waals surface area (Å²) in [6.45, 7) is 0. The Morgan fingerprint density at radius 2 is 1.88 bits per heavy atom. The largest absolute Gasteiger partial charge is 0.387 e. The molecule has 0 radical (unpaired) electrons. The molecule has 1 aliphatic heterocycles. The van der Waals surface area contributed by atoms with Gasteiger partial charge in [-0.3, -0.25) is 4.79 Å². The number of nitrogens with one attached hydrogen (secondary N) is 1. The fourth-order valence-electron chi connectivity index (χ4n) is 2.32. The molecule has 1 atom stereocenters. The number of halogens is 2. The summed E-state index contributed by atoms with van der Waals surface area (Å²) in [5.41, 5.74) is 1.50. The van der Waals surface area contributed by atoms with Crippen molar-refractivity contribution in [1.29, 1.82) is 0 Å². The predicted molar refractivity (Wildman–Crippen MR) is 89.3 cm³/mol. The minimum Gasteiger partial charge on any atom is -0.387 e. The van der Waals surface area contributed by atoms with E-state index in [1.54, 1.807) is 18.2 Å². The van der Waals surface area contributed by atoms with Crippen molar-refractivity contribution in [3.05, 3.63) is 60.2 Å². The zero-order valence-corrected chi connectivity index (χ0v) is 13.3. The Labute approximate surface area is 141 Å². The Bertz CT molecular complexity index is 753. The average Bonchev–Trinajstić information content (AvgIpc) is 3.07. The van der Waals surface area contributed by atoms with E-state index in [-0.39, 0.29) is 11.8 Å². The normalized spacial score (nSPS) is 16.6. The maximum atomic E-state index is 12.6. The number of amides is 1. The fourth-order valence-corrected chi connectivity index (χ4v) is 2.92. The Kier molecular flexibility index (Phi) is 5.10. The molecule has 1 aliphatic rings. The van der Waals surface area contributed by atoms with E-state index >= 15 is 0 Å². The average molecular weight is 348 g/mol. The van der Waals surface area contributed by atoms with Gasteiger partial charge in [0.1, 0.15) is 5.71 Å². The number of anilines is 1. The van der Waals surface area contributed by atoms with Crippen LogP contribution in [-0.2, 0) is 9.63 Å². The van der Waals surface area contributed by atoms with Gasteiger partial charge < -0.3 is 10.2 Å². The van der Waals surface area contributed by atoms with Gasteiger partial charge in [-0.25, -0.2) is 0 Å². The van der Waals surface area contributed by atoms with Gasteiger partial charge in [-0.05, 0) is 17.7 Å². The quantitative estimate of drug-likeness (QED) is 0.812. The molecule has 2 aromatic rings. The Hall–Kier alpha value is -2.41. The van der Waals surface area contributed by atoms with Crippen LogP contribution in [0.2, 0.25) is 0 Å². The van der Waals surface area contributed by atoms with Crippen LogP contribution in [0.3, 0.4) is 0 Å². The van der Waals surface area contributed by atoms with E-state index in [0.29, 0.717) is 28.8 Å². The van der Waals surface area contributed by atoms with Crippen LogP contribution in [0.4, 0.5) is 14.5 Å². The number of hydrogen-bond donors (Lipinski definition) is 1. The van der Waals surface area contributed by atoms with E-state index < -0.39 is 11.7 Å². The van der Waals surface area contributed by atoms with Gasteiger partial charge in [-0.1, -0.05) is 59.4 Å². The SMILES string of the molecule is O=C(Nc1ccccc1SC(F)F)C1=NOC(c2ccccc2)C1. The maximum Gasteiger partial charge on any atom is 0.288 e. The highest BCUT2D eigenvalue weighted by atomic mass is 32.2. The van der Waals surface area contributed by atoms with Gasteiger partial charge in [0, 0.05) is 11.3 Å². The molecule has 1 heterocycles. The number of rotatable bonds is 5. The molecule has 1 N–H and O–H groups in total. The van der Waals surface area contributed by atoms with Crippen molar-refractivity contribution >= 4 is 29.1 Å². The van der Waals surface area contributed by atoms with E-state index in [2.05, 4.69) is 10.5 Å². The van der Waals surface area contributed by atoms with E-state index in [9.17, 15) is 13.6 Å². The van der Waals surface area contributed by atoms with Gasteiger partial charge in [-0.2, -0.15) is 8.78 Å². The standard InChI is InChI=1S/C17H14F2N2O2S/c18-17(19)24-15-9-5-4-8-12(15)20-16(22)13-10-14(23-21-13)11-6-2-1-3-7-11/h1-9,14,17H,10H2,(H,20,22). The fraction of sp³-hybridized carbons (Fsp3) is 0.176. The summed E-state index contributed by atoms with van der Waals surface area (Å²) in [5, 5.41) is 6.46. The molecule has 0 saturated heterocycles. The lowest BCUT2D eigenvalue weighted by atomic mass is 10.0. The number of oxime groups is 1. The molecule has 124 valence electrons. The van der Waals surface area contributed by atoms with Gasteiger partial charge in [0.05, 0.1) is 5.69 Å². The van der Waals surface area contributed by atoms with Gasteiger partial charge in [0.25, 0.3) is 11.7 Å². The minimum atomic E-state index is -2.56. The second-order valence-corrected chi connectivity index (χ2v) is 6.11. The van der Waals surface area contributed by atoms with E-state index in [0.717, 1.165) is 5.56 Å². The summed E-state index contributed by atoms with van der Waals surface area (Å²) in [6, 6.07) is 15.9. The number of thioether (sulfide) groups is 1. The van der Waals surface area contributed by atoms with Crippen LogP contribution >= 0.6 is 11.8 Å². The molecule has 3 rings (SSSR count). The number of nitrogens with zero attached hydrogens (tertiary/aromatic N) is 1. The van der Waals surface area contributed by atoms with Crippen LogP contribution in [0.1, 0.15) is 18.1 Å². The summed E-state index contributed by atoms with van der Waals surface area (Å²) < 4.78 is 25.2. The molecule has 0 spiro atoms. The number of benzene rings is 2. The van der Waals surface area contributed by atoms with Crippen molar-refractivity contribution in [3.63, 3.8) is 0 Å². The zero-order chi connectivity index (χ0) is 16.9. The molecule has 0 aliphatic carbocycles. The summed E-state index contributed by atoms with van der Waals surface area (Å²) in [6.07, 6.45) is 0.0256. The molecule has 2 aromatic carbocycles. The third-order valence-corrected chi connectivity index (χ3v) is 4.24. The highest BCUT2D eigenvalue weighted by Gasteiger charge is 2.27. The van der Waals surface area contributed by atoms with Crippen LogP contribution in [0.25, 0.3) is 0 Å². The van der Waals surface area contributed by atoms with E-state index in [1.165, 1.54) is 6.07 Å². The van der Waals surface area contributed by atoms with Crippen LogP contribution in [0, 0.1) is 0 Å². The monoisotopic (exact) mass is 348 g/mol. The molecule has 0 bridgehead atoms. The molecule has 1 amide bonds. The summed E-state index contributed by atoms with van der Waals surface area (Å²) in [4.78, 5) is 17.9. The molecular weight excluding hydrogens is 334 g/mol. The van der Waals surface area contributed by atoms with Gasteiger partial charge >= 0.3 is 0 Å². The lowest BCUT2D eigenvalue weighted by Crippen LogP contribution is -2.22. The van der Waals surface area contributed by atoms with Crippen LogP contribution in [0.15, 0.2) is 64.6 Å². The van der Waals surface area contributed by atoms with Gasteiger partial charge in [-0.15, -0.1) is 0 Å². The van der Waals surface area contributed by atoms with Crippen molar-refractivity contribution < 1.29 is 18.4 Å². The van der Waals surface area contributed by atoms with Crippen molar-refractivity contribution in [3.8, 4) is 0 Å². The molecule has 24 heavy (non-hydrogen) atoms. The predicted octanol–water partition coefficient (Wildman–Crippen LogP) is 4.46. The highest BCUT2D eigenvalue weighted by Crippen LogP contribution is 2.32. The molecular formula is C17H14F2N2O2S. The van der Waals surface area contributed by atoms with Crippen molar-refractivity contribution in [2.45, 2.75) is 23.2 Å². The molecule has 0 aromatic heterocycles. The van der Waals surface area contributed by atoms with E-state index in [1.807, 2.05) is 30.3 Å². The number of carbonyl (C=O) groups excluding carboxylic acids is 1. The third-order valence-electron chi connectivity index (χ3n) is 3.45. The first kappa shape index (κ1) is 16.4. The highest BCUT2D eigenvalue weighted by molar-refractivity contribution is 7.99. The minimum absolute atomic E-state index is 0.237. The first-order chi connectivity index (χ1) is 11.6. The molecule has 0 fully saturated rings. The third kappa shape index (κ3) is 3.91. The number of alkyl halides is 2. The molecule has 1 unspecified atom stereocenters. The van der Waals surface area contributed by atoms with Crippen LogP contribution in [-0.4, -0.2) is 17.4 Å². The topological polar surface area (TPSA) is 50.7 Å². The Balaban J connectivity index is 1.66. The molecule has 0 saturated carbocycles. The number of hydrogen-bond acceptors (Lipinski definition) is 4. The van der Waals surface area contributed by atoms with Gasteiger partial charge in [0.2, 0.25) is 0 Å². The van der Waals surface area contributed by atoms with Crippen molar-refractivity contribution in [2.75, 3.05) is 5.32 Å². The number of para-hydroxylation sites is 1. The van der Waals surface area contributed by atoms with Crippen LogP contribution in [0.5, 0.6) is 0 Å². The summed E-state index contributed by atoms with van der Waals surface area (Å²) >= 11 is 0.388. The smallest absolute Gasteiger partial charge is 0.288 e. The summed E-state index contributed by atoms with van der Waals surface area (Å²) in [5.74, 6) is -3.01. The molecule has 4 nitrogen and oxygen atoms in total. The number of carbonyl (C=O) groups is 1. The molecule has 7 heteroatoms. The lowest BCUT2D eigenvalue weighted by molar-refractivity contribution is -0.110. The maximum absolute atomic E-state index is 12.6. The first-order valence-electron chi connectivity index (χ1n) is 7.26. The van der Waals surface area contributed by atoms with Crippen molar-refractivity contribution in [1.82, 2.24) is 0 Å². The Morgan fingerprint density at radius 1 is 1.17 bits per heavy atom. The van der Waals surface area contributed by atoms with E-state index in [4.69, 9.17) is 4.84 Å².